The first kappa shape index (κ1) is 18.3. The number of H-pyrrole nitrogens is 1. The van der Waals surface area contributed by atoms with Gasteiger partial charge in [-0.15, -0.1) is 0 Å². The van der Waals surface area contributed by atoms with Crippen LogP contribution < -0.4 is 10.9 Å². The number of fused-ring (bicyclic) bond motifs is 3. The van der Waals surface area contributed by atoms with Crippen LogP contribution in [0.3, 0.4) is 0 Å². The Morgan fingerprint density at radius 2 is 1.85 bits per heavy atom. The Kier molecular flexibility index (Phi) is 4.84. The molecule has 27 heavy (non-hydrogen) atoms. The van der Waals surface area contributed by atoms with Gasteiger partial charge >= 0.3 is 0 Å². The fourth-order valence-corrected chi connectivity index (χ4v) is 4.33. The van der Waals surface area contributed by atoms with E-state index in [-0.39, 0.29) is 11.6 Å². The minimum atomic E-state index is -0.200. The molecule has 7 heteroatoms. The summed E-state index contributed by atoms with van der Waals surface area (Å²) in [5.74, 6) is 0.606. The average Bonchev–Trinajstić information content (AvgIpc) is 2.62. The molecule has 2 heterocycles. The van der Waals surface area contributed by atoms with Crippen molar-refractivity contribution in [3.05, 3.63) is 79.1 Å². The fourth-order valence-electron chi connectivity index (χ4n) is 3.24. The van der Waals surface area contributed by atoms with Gasteiger partial charge in [-0.1, -0.05) is 45.2 Å². The van der Waals surface area contributed by atoms with E-state index in [4.69, 9.17) is 28.2 Å². The zero-order valence-electron chi connectivity index (χ0n) is 14.2. The summed E-state index contributed by atoms with van der Waals surface area (Å²) in [7, 11) is 0. The summed E-state index contributed by atoms with van der Waals surface area (Å²) < 4.78 is 0.887. The van der Waals surface area contributed by atoms with Gasteiger partial charge in [-0.25, -0.2) is 4.98 Å². The van der Waals surface area contributed by atoms with Gasteiger partial charge in [-0.3, -0.25) is 4.79 Å². The zero-order valence-corrected chi connectivity index (χ0v) is 17.3. The third-order valence-electron chi connectivity index (χ3n) is 4.46. The number of hydrogen-bond donors (Lipinski definition) is 2. The highest BCUT2D eigenvalue weighted by molar-refractivity contribution is 9.10. The number of halogens is 3. The van der Waals surface area contributed by atoms with Gasteiger partial charge in [0.25, 0.3) is 5.56 Å². The van der Waals surface area contributed by atoms with Crippen LogP contribution in [0, 0.1) is 0 Å². The highest BCUT2D eigenvalue weighted by Gasteiger charge is 2.17. The second-order valence-electron chi connectivity index (χ2n) is 6.22. The molecule has 0 radical (unpaired) electrons. The third-order valence-corrected chi connectivity index (χ3v) is 5.61. The molecule has 0 amide bonds. The van der Waals surface area contributed by atoms with Gasteiger partial charge in [0.2, 0.25) is 0 Å². The van der Waals surface area contributed by atoms with Crippen LogP contribution in [0.4, 0.5) is 5.82 Å². The van der Waals surface area contributed by atoms with E-state index in [2.05, 4.69) is 26.2 Å². The Morgan fingerprint density at radius 1 is 1.11 bits per heavy atom. The lowest BCUT2D eigenvalue weighted by Gasteiger charge is -2.19. The number of nitrogens with zero attached hydrogens (tertiary/aromatic N) is 1. The third kappa shape index (κ3) is 3.31. The normalized spacial score (nSPS) is 12.4. The zero-order chi connectivity index (χ0) is 19.1. The van der Waals surface area contributed by atoms with Crippen LogP contribution in [0.1, 0.15) is 18.5 Å². The van der Waals surface area contributed by atoms with E-state index < -0.39 is 0 Å². The lowest BCUT2D eigenvalue weighted by Crippen LogP contribution is -2.12. The summed E-state index contributed by atoms with van der Waals surface area (Å²) in [5, 5.41) is 6.64. The Balaban J connectivity index is 1.92. The number of rotatable bonds is 3. The summed E-state index contributed by atoms with van der Waals surface area (Å²) in [6.45, 7) is 1.96. The van der Waals surface area contributed by atoms with Crippen LogP contribution >= 0.6 is 39.1 Å². The van der Waals surface area contributed by atoms with Gasteiger partial charge in [0.1, 0.15) is 5.82 Å². The van der Waals surface area contributed by atoms with E-state index in [0.29, 0.717) is 21.2 Å². The van der Waals surface area contributed by atoms with Crippen molar-refractivity contribution in [2.24, 2.45) is 0 Å². The molecule has 0 saturated heterocycles. The molecule has 0 saturated carbocycles. The molecule has 136 valence electrons. The van der Waals surface area contributed by atoms with Gasteiger partial charge in [0.05, 0.1) is 16.9 Å². The second-order valence-corrected chi connectivity index (χ2v) is 7.95. The SMILES string of the molecule is C[C@H](Nc1nc2ccc(Br)cc2c2c(=O)[nH]ccc12)c1c(Cl)cccc1Cl. The molecule has 0 aliphatic heterocycles. The Labute approximate surface area is 173 Å². The van der Waals surface area contributed by atoms with Crippen molar-refractivity contribution in [1.29, 1.82) is 0 Å². The summed E-state index contributed by atoms with van der Waals surface area (Å²) in [5.41, 5.74) is 1.35. The maximum Gasteiger partial charge on any atom is 0.256 e. The highest BCUT2D eigenvalue weighted by Crippen LogP contribution is 2.34. The van der Waals surface area contributed by atoms with Gasteiger partial charge in [-0.05, 0) is 43.3 Å². The van der Waals surface area contributed by atoms with Crippen LogP contribution in [-0.4, -0.2) is 9.97 Å². The fraction of sp³-hybridized carbons (Fsp3) is 0.100. The molecule has 2 aromatic carbocycles. The number of aromatic nitrogens is 2. The second kappa shape index (κ2) is 7.15. The molecular weight excluding hydrogens is 449 g/mol. The molecule has 0 bridgehead atoms. The predicted molar refractivity (Wildman–Crippen MR) is 116 cm³/mol. The largest absolute Gasteiger partial charge is 0.363 e. The van der Waals surface area contributed by atoms with Crippen molar-refractivity contribution in [1.82, 2.24) is 9.97 Å². The molecule has 4 rings (SSSR count). The first-order valence-corrected chi connectivity index (χ1v) is 9.81. The van der Waals surface area contributed by atoms with E-state index in [1.54, 1.807) is 18.3 Å². The molecule has 0 spiro atoms. The van der Waals surface area contributed by atoms with Gasteiger partial charge < -0.3 is 10.3 Å². The van der Waals surface area contributed by atoms with Crippen LogP contribution in [0.2, 0.25) is 10.0 Å². The highest BCUT2D eigenvalue weighted by atomic mass is 79.9. The summed E-state index contributed by atoms with van der Waals surface area (Å²) >= 11 is 16.1. The van der Waals surface area contributed by atoms with Crippen molar-refractivity contribution >= 4 is 66.6 Å². The molecular formula is C20H14BrCl2N3O. The van der Waals surface area contributed by atoms with Crippen molar-refractivity contribution in [2.45, 2.75) is 13.0 Å². The van der Waals surface area contributed by atoms with Crippen molar-refractivity contribution < 1.29 is 0 Å². The van der Waals surface area contributed by atoms with Gasteiger partial charge in [0, 0.05) is 37.1 Å². The van der Waals surface area contributed by atoms with E-state index >= 15 is 0 Å². The van der Waals surface area contributed by atoms with Crippen molar-refractivity contribution in [3.8, 4) is 0 Å². The summed E-state index contributed by atoms with van der Waals surface area (Å²) in [6.07, 6.45) is 1.62. The number of nitrogens with one attached hydrogen (secondary N) is 2. The number of aromatic amines is 1. The number of pyridine rings is 2. The van der Waals surface area contributed by atoms with Gasteiger partial charge in [0.15, 0.2) is 0 Å². The molecule has 2 N–H and O–H groups in total. The summed E-state index contributed by atoms with van der Waals surface area (Å²) in [4.78, 5) is 20.0. The standard InChI is InChI=1S/C20H14BrCl2N3O/c1-10(17-14(22)3-2-4-15(17)23)25-19-12-7-8-24-20(27)18(12)13-9-11(21)5-6-16(13)26-19/h2-10H,1H3,(H,24,27)(H,25,26)/t10-/m0/s1. The predicted octanol–water partition coefficient (Wildman–Crippen LogP) is 6.32. The van der Waals surface area contributed by atoms with Crippen LogP contribution in [0.15, 0.2) is 57.9 Å². The van der Waals surface area contributed by atoms with E-state index in [1.165, 1.54) is 0 Å². The summed E-state index contributed by atoms with van der Waals surface area (Å²) in [6, 6.07) is 12.7. The first-order valence-electron chi connectivity index (χ1n) is 8.27. The number of anilines is 1. The molecule has 0 aliphatic carbocycles. The monoisotopic (exact) mass is 461 g/mol. The lowest BCUT2D eigenvalue weighted by molar-refractivity contribution is 0.879. The van der Waals surface area contributed by atoms with Crippen molar-refractivity contribution in [2.75, 3.05) is 5.32 Å². The van der Waals surface area contributed by atoms with Crippen LogP contribution in [0.25, 0.3) is 21.7 Å². The average molecular weight is 463 g/mol. The molecule has 0 unspecified atom stereocenters. The van der Waals surface area contributed by atoms with Gasteiger partial charge in [-0.2, -0.15) is 0 Å². The van der Waals surface area contributed by atoms with Crippen LogP contribution in [-0.2, 0) is 0 Å². The Morgan fingerprint density at radius 3 is 2.59 bits per heavy atom. The number of hydrogen-bond acceptors (Lipinski definition) is 3. The topological polar surface area (TPSA) is 57.8 Å². The van der Waals surface area contributed by atoms with Crippen LogP contribution in [0.5, 0.6) is 0 Å². The molecule has 0 aliphatic rings. The maximum atomic E-state index is 12.6. The smallest absolute Gasteiger partial charge is 0.256 e. The van der Waals surface area contributed by atoms with Crippen molar-refractivity contribution in [3.63, 3.8) is 0 Å². The first-order chi connectivity index (χ1) is 13.0. The maximum absolute atomic E-state index is 12.6. The van der Waals surface area contributed by atoms with E-state index in [9.17, 15) is 4.79 Å². The van der Waals surface area contributed by atoms with E-state index in [0.717, 1.165) is 26.3 Å². The lowest BCUT2D eigenvalue weighted by atomic mass is 10.1. The minimum absolute atomic E-state index is 0.163. The molecule has 4 nitrogen and oxygen atoms in total. The molecule has 4 aromatic rings. The van der Waals surface area contributed by atoms with E-state index in [1.807, 2.05) is 37.3 Å². The Bertz CT molecular complexity index is 1220. The minimum Gasteiger partial charge on any atom is -0.363 e. The number of benzene rings is 2. The molecule has 2 aromatic heterocycles. The Hall–Kier alpha value is -2.08. The molecule has 0 fully saturated rings. The quantitative estimate of drug-likeness (QED) is 0.350. The molecule has 1 atom stereocenters.